The number of anilines is 1. The zero-order chi connectivity index (χ0) is 13.5. The van der Waals surface area contributed by atoms with E-state index in [0.29, 0.717) is 11.5 Å². The minimum absolute atomic E-state index is 0.0413. The third-order valence-corrected chi connectivity index (χ3v) is 3.71. The zero-order valence-electron chi connectivity index (χ0n) is 11.2. The molecule has 0 radical (unpaired) electrons. The highest BCUT2D eigenvalue weighted by molar-refractivity contribution is 5.50. The second-order valence-corrected chi connectivity index (χ2v) is 5.35. The summed E-state index contributed by atoms with van der Waals surface area (Å²) in [5.41, 5.74) is 0.386. The summed E-state index contributed by atoms with van der Waals surface area (Å²) in [5.74, 6) is 1.41. The summed E-state index contributed by atoms with van der Waals surface area (Å²) >= 11 is 0. The van der Waals surface area contributed by atoms with E-state index >= 15 is 0 Å². The first-order chi connectivity index (χ1) is 9.07. The second kappa shape index (κ2) is 4.34. The predicted octanol–water partition coefficient (Wildman–Crippen LogP) is 0.280. The van der Waals surface area contributed by atoms with Crippen molar-refractivity contribution in [1.82, 2.24) is 24.9 Å². The van der Waals surface area contributed by atoms with Crippen LogP contribution in [0.25, 0.3) is 5.65 Å². The molecule has 0 spiro atoms. The highest BCUT2D eigenvalue weighted by atomic mass is 16.1. The maximum atomic E-state index is 11.5. The lowest BCUT2D eigenvalue weighted by molar-refractivity contribution is 0.364. The first kappa shape index (κ1) is 12.2. The molecule has 2 aromatic rings. The molecule has 0 unspecified atom stereocenters. The third kappa shape index (κ3) is 2.21. The van der Waals surface area contributed by atoms with Crippen LogP contribution in [0.4, 0.5) is 5.82 Å². The molecule has 0 atom stereocenters. The Morgan fingerprint density at radius 1 is 1.42 bits per heavy atom. The monoisotopic (exact) mass is 262 g/mol. The van der Waals surface area contributed by atoms with Gasteiger partial charge >= 0.3 is 5.69 Å². The topological polar surface area (TPSA) is 87.1 Å². The highest BCUT2D eigenvalue weighted by Crippen LogP contribution is 2.23. The lowest BCUT2D eigenvalue weighted by Gasteiger charge is -2.35. The van der Waals surface area contributed by atoms with Crippen LogP contribution in [0.5, 0.6) is 0 Å². The molecule has 0 aromatic carbocycles. The first-order valence-corrected chi connectivity index (χ1v) is 6.51. The molecular weight excluding hydrogens is 244 g/mol. The van der Waals surface area contributed by atoms with Crippen molar-refractivity contribution in [2.24, 2.45) is 0 Å². The lowest BCUT2D eigenvalue weighted by Crippen LogP contribution is -2.45. The van der Waals surface area contributed by atoms with E-state index in [9.17, 15) is 4.79 Å². The minimum atomic E-state index is -0.250. The van der Waals surface area contributed by atoms with Crippen molar-refractivity contribution in [2.45, 2.75) is 32.2 Å². The van der Waals surface area contributed by atoms with Crippen molar-refractivity contribution < 1.29 is 0 Å². The molecule has 0 amide bonds. The number of aryl methyl sites for hydroxylation is 1. The van der Waals surface area contributed by atoms with Crippen LogP contribution in [0, 0.1) is 6.92 Å². The van der Waals surface area contributed by atoms with E-state index in [0.717, 1.165) is 31.7 Å². The van der Waals surface area contributed by atoms with E-state index in [1.165, 1.54) is 4.40 Å². The van der Waals surface area contributed by atoms with Crippen LogP contribution in [0.1, 0.15) is 25.6 Å². The number of rotatable bonds is 2. The Morgan fingerprint density at radius 2 is 2.16 bits per heavy atom. The van der Waals surface area contributed by atoms with Crippen LogP contribution in [0.2, 0.25) is 0 Å². The van der Waals surface area contributed by atoms with Crippen LogP contribution >= 0.6 is 0 Å². The summed E-state index contributed by atoms with van der Waals surface area (Å²) in [6.45, 7) is 6.02. The fourth-order valence-electron chi connectivity index (χ4n) is 2.57. The van der Waals surface area contributed by atoms with Gasteiger partial charge in [0.05, 0.1) is 0 Å². The van der Waals surface area contributed by atoms with Crippen LogP contribution in [0.15, 0.2) is 10.9 Å². The van der Waals surface area contributed by atoms with Gasteiger partial charge in [-0.15, -0.1) is 0 Å². The maximum absolute atomic E-state index is 11.5. The van der Waals surface area contributed by atoms with Gasteiger partial charge in [0.25, 0.3) is 0 Å². The molecule has 7 nitrogen and oxygen atoms in total. The van der Waals surface area contributed by atoms with Crippen molar-refractivity contribution in [2.75, 3.05) is 18.4 Å². The average Bonchev–Trinajstić information content (AvgIpc) is 2.71. The minimum Gasteiger partial charge on any atom is -0.365 e. The number of hydrogen-bond donors (Lipinski definition) is 3. The summed E-state index contributed by atoms with van der Waals surface area (Å²) in [7, 11) is 0. The molecule has 1 aliphatic heterocycles. The van der Waals surface area contributed by atoms with Crippen molar-refractivity contribution in [3.63, 3.8) is 0 Å². The van der Waals surface area contributed by atoms with E-state index < -0.39 is 0 Å². The molecule has 3 N–H and O–H groups in total. The molecule has 7 heteroatoms. The standard InChI is InChI=1S/C12H18N6O/c1-8-14-9(7-10-16-17-11(19)18(8)10)15-12(2)3-5-13-6-4-12/h7,13,15H,3-6H2,1-2H3,(H,17,19). The molecular formula is C12H18N6O. The smallest absolute Gasteiger partial charge is 0.349 e. The SMILES string of the molecule is Cc1nc(NC2(C)CCNCC2)cc2n[nH]c(=O)n12. The molecule has 1 fully saturated rings. The van der Waals surface area contributed by atoms with Gasteiger partial charge in [0.2, 0.25) is 0 Å². The van der Waals surface area contributed by atoms with Crippen molar-refractivity contribution in [1.29, 1.82) is 0 Å². The number of aromatic amines is 1. The van der Waals surface area contributed by atoms with Gasteiger partial charge in [0.15, 0.2) is 5.65 Å². The third-order valence-electron chi connectivity index (χ3n) is 3.71. The van der Waals surface area contributed by atoms with Gasteiger partial charge in [-0.2, -0.15) is 5.10 Å². The van der Waals surface area contributed by atoms with Gasteiger partial charge in [0, 0.05) is 11.6 Å². The largest absolute Gasteiger partial charge is 0.365 e. The van der Waals surface area contributed by atoms with Gasteiger partial charge in [-0.05, 0) is 39.8 Å². The molecule has 0 saturated carbocycles. The molecule has 1 aliphatic rings. The van der Waals surface area contributed by atoms with Gasteiger partial charge in [-0.3, -0.25) is 0 Å². The highest BCUT2D eigenvalue weighted by Gasteiger charge is 2.27. The number of fused-ring (bicyclic) bond motifs is 1. The fourth-order valence-corrected chi connectivity index (χ4v) is 2.57. The summed E-state index contributed by atoms with van der Waals surface area (Å²) in [5, 5.41) is 13.3. The van der Waals surface area contributed by atoms with E-state index in [1.807, 2.05) is 0 Å². The molecule has 0 bridgehead atoms. The zero-order valence-corrected chi connectivity index (χ0v) is 11.2. The Kier molecular flexibility index (Phi) is 2.78. The lowest BCUT2D eigenvalue weighted by atomic mass is 9.91. The molecule has 0 aliphatic carbocycles. The van der Waals surface area contributed by atoms with E-state index in [2.05, 4.69) is 32.7 Å². The van der Waals surface area contributed by atoms with Gasteiger partial charge in [0.1, 0.15) is 11.6 Å². The molecule has 3 rings (SSSR count). The summed E-state index contributed by atoms with van der Waals surface area (Å²) in [4.78, 5) is 16.0. The summed E-state index contributed by atoms with van der Waals surface area (Å²) in [6, 6.07) is 1.80. The number of nitrogens with one attached hydrogen (secondary N) is 3. The van der Waals surface area contributed by atoms with Gasteiger partial charge in [-0.25, -0.2) is 19.3 Å². The maximum Gasteiger partial charge on any atom is 0.349 e. The Bertz CT molecular complexity index is 652. The second-order valence-electron chi connectivity index (χ2n) is 5.35. The van der Waals surface area contributed by atoms with E-state index in [4.69, 9.17) is 0 Å². The van der Waals surface area contributed by atoms with Crippen molar-refractivity contribution in [3.8, 4) is 0 Å². The Morgan fingerprint density at radius 3 is 2.89 bits per heavy atom. The molecule has 3 heterocycles. The quantitative estimate of drug-likeness (QED) is 0.723. The molecule has 19 heavy (non-hydrogen) atoms. The number of aromatic nitrogens is 4. The molecule has 2 aromatic heterocycles. The predicted molar refractivity (Wildman–Crippen MR) is 72.5 cm³/mol. The number of nitrogens with zero attached hydrogens (tertiary/aromatic N) is 3. The summed E-state index contributed by atoms with van der Waals surface area (Å²) in [6.07, 6.45) is 2.10. The van der Waals surface area contributed by atoms with Gasteiger partial charge < -0.3 is 10.6 Å². The normalized spacial score (nSPS) is 18.6. The van der Waals surface area contributed by atoms with Crippen LogP contribution < -0.4 is 16.3 Å². The van der Waals surface area contributed by atoms with Crippen molar-refractivity contribution >= 4 is 11.5 Å². The fraction of sp³-hybridized carbons (Fsp3) is 0.583. The first-order valence-electron chi connectivity index (χ1n) is 6.51. The van der Waals surface area contributed by atoms with Crippen LogP contribution in [0.3, 0.4) is 0 Å². The Labute approximate surface area is 110 Å². The van der Waals surface area contributed by atoms with E-state index in [-0.39, 0.29) is 11.2 Å². The number of hydrogen-bond acceptors (Lipinski definition) is 5. The van der Waals surface area contributed by atoms with E-state index in [1.54, 1.807) is 13.0 Å². The molecule has 1 saturated heterocycles. The average molecular weight is 262 g/mol. The number of H-pyrrole nitrogens is 1. The Balaban J connectivity index is 1.95. The van der Waals surface area contributed by atoms with Crippen LogP contribution in [-0.4, -0.2) is 38.2 Å². The Hall–Kier alpha value is -1.89. The number of piperidine rings is 1. The van der Waals surface area contributed by atoms with Gasteiger partial charge in [-0.1, -0.05) is 0 Å². The van der Waals surface area contributed by atoms with Crippen LogP contribution in [-0.2, 0) is 0 Å². The molecule has 102 valence electrons. The van der Waals surface area contributed by atoms with Crippen molar-refractivity contribution in [3.05, 3.63) is 22.4 Å². The summed E-state index contributed by atoms with van der Waals surface area (Å²) < 4.78 is 1.47.